The normalized spacial score (nSPS) is 15.9. The van der Waals surface area contributed by atoms with Crippen molar-refractivity contribution in [2.45, 2.75) is 48.2 Å². The van der Waals surface area contributed by atoms with Crippen LogP contribution in [0.3, 0.4) is 0 Å². The molecule has 17 heteroatoms. The van der Waals surface area contributed by atoms with Gasteiger partial charge in [0.1, 0.15) is 5.82 Å². The molecular formula is C26H21F7N4O5S. The van der Waals surface area contributed by atoms with Crippen LogP contribution in [0.15, 0.2) is 71.9 Å². The van der Waals surface area contributed by atoms with Crippen LogP contribution < -0.4 is 15.2 Å². The van der Waals surface area contributed by atoms with E-state index in [1.807, 2.05) is 0 Å². The Kier molecular flexibility index (Phi) is 8.43. The number of carbonyl (C=O) groups is 2. The molecule has 1 atom stereocenters. The molecule has 4 rings (SSSR count). The fourth-order valence-electron chi connectivity index (χ4n) is 4.55. The summed E-state index contributed by atoms with van der Waals surface area (Å²) in [5, 5.41) is 9.84. The number of hydrogen-bond donors (Lipinski definition) is 3. The summed E-state index contributed by atoms with van der Waals surface area (Å²) in [5.41, 5.74) is -3.09. The number of rotatable bonds is 6. The van der Waals surface area contributed by atoms with Gasteiger partial charge in [-0.2, -0.15) is 26.3 Å². The number of aliphatic hydroxyl groups is 1. The number of amides is 2. The summed E-state index contributed by atoms with van der Waals surface area (Å²) in [5.74, 6) is -2.40. The van der Waals surface area contributed by atoms with Crippen molar-refractivity contribution in [1.82, 2.24) is 15.8 Å². The molecule has 1 aliphatic rings. The number of anilines is 1. The number of benzene rings is 2. The zero-order valence-electron chi connectivity index (χ0n) is 21.6. The first-order valence-electron chi connectivity index (χ1n) is 12.2. The fraction of sp³-hybridized carbons (Fsp3) is 0.269. The third-order valence-electron chi connectivity index (χ3n) is 6.68. The highest BCUT2D eigenvalue weighted by molar-refractivity contribution is 7.92. The number of pyridine rings is 1. The highest BCUT2D eigenvalue weighted by Crippen LogP contribution is 2.51. The van der Waals surface area contributed by atoms with Crippen molar-refractivity contribution >= 4 is 27.5 Å². The number of nitrogens with one attached hydrogen (secondary N) is 2. The minimum atomic E-state index is -6.17. The van der Waals surface area contributed by atoms with Crippen LogP contribution in [-0.4, -0.2) is 48.7 Å². The molecule has 9 nitrogen and oxygen atoms in total. The number of sulfonamides is 1. The molecule has 3 N–H and O–H groups in total. The van der Waals surface area contributed by atoms with Gasteiger partial charge in [0.25, 0.3) is 21.5 Å². The highest BCUT2D eigenvalue weighted by atomic mass is 32.2. The summed E-state index contributed by atoms with van der Waals surface area (Å²) in [6.45, 7) is 0. The van der Waals surface area contributed by atoms with Crippen molar-refractivity contribution in [2.75, 3.05) is 4.31 Å². The summed E-state index contributed by atoms with van der Waals surface area (Å²) in [6.07, 6.45) is -10.9. The Morgan fingerprint density at radius 3 is 2.12 bits per heavy atom. The van der Waals surface area contributed by atoms with Gasteiger partial charge in [-0.3, -0.25) is 29.7 Å². The minimum absolute atomic E-state index is 0.135. The molecule has 3 aromatic rings. The number of alkyl halides is 6. The van der Waals surface area contributed by atoms with Gasteiger partial charge in [0.2, 0.25) is 5.91 Å². The van der Waals surface area contributed by atoms with Gasteiger partial charge in [-0.15, -0.1) is 0 Å². The third-order valence-corrected chi connectivity index (χ3v) is 8.56. The van der Waals surface area contributed by atoms with E-state index in [1.54, 1.807) is 0 Å². The van der Waals surface area contributed by atoms with Gasteiger partial charge in [-0.25, -0.2) is 12.8 Å². The van der Waals surface area contributed by atoms with Gasteiger partial charge in [0.05, 0.1) is 16.6 Å². The second-order valence-corrected chi connectivity index (χ2v) is 11.3. The largest absolute Gasteiger partial charge is 0.430 e. The lowest BCUT2D eigenvalue weighted by Crippen LogP contribution is -2.54. The second-order valence-electron chi connectivity index (χ2n) is 9.44. The molecular weight excluding hydrogens is 613 g/mol. The van der Waals surface area contributed by atoms with Crippen molar-refractivity contribution in [3.05, 3.63) is 89.5 Å². The molecule has 0 unspecified atom stereocenters. The van der Waals surface area contributed by atoms with Gasteiger partial charge in [-0.1, -0.05) is 12.1 Å². The molecule has 2 amide bonds. The Morgan fingerprint density at radius 1 is 0.930 bits per heavy atom. The molecule has 0 saturated heterocycles. The molecule has 0 aliphatic carbocycles. The summed E-state index contributed by atoms with van der Waals surface area (Å²) >= 11 is 0. The first-order valence-corrected chi connectivity index (χ1v) is 13.7. The Hall–Kier alpha value is -4.25. The monoisotopic (exact) mass is 634 g/mol. The highest BCUT2D eigenvalue weighted by Gasteiger charge is 2.71. The smallest absolute Gasteiger partial charge is 0.369 e. The predicted molar refractivity (Wildman–Crippen MR) is 135 cm³/mol. The van der Waals surface area contributed by atoms with Gasteiger partial charge >= 0.3 is 12.4 Å². The van der Waals surface area contributed by atoms with Gasteiger partial charge < -0.3 is 5.11 Å². The van der Waals surface area contributed by atoms with E-state index in [0.29, 0.717) is 22.5 Å². The average Bonchev–Trinajstić information content (AvgIpc) is 2.94. The van der Waals surface area contributed by atoms with Crippen LogP contribution in [0.4, 0.5) is 36.4 Å². The summed E-state index contributed by atoms with van der Waals surface area (Å²) in [6, 6.07) is 6.27. The number of halogens is 7. The summed E-state index contributed by atoms with van der Waals surface area (Å²) in [4.78, 5) is 28.2. The van der Waals surface area contributed by atoms with Gasteiger partial charge in [0, 0.05) is 29.9 Å². The van der Waals surface area contributed by atoms with E-state index < -0.39 is 68.5 Å². The molecule has 1 aromatic heterocycles. The van der Waals surface area contributed by atoms with Crippen molar-refractivity contribution in [3.8, 4) is 0 Å². The predicted octanol–water partition coefficient (Wildman–Crippen LogP) is 3.89. The lowest BCUT2D eigenvalue weighted by molar-refractivity contribution is -0.376. The van der Waals surface area contributed by atoms with E-state index in [9.17, 15) is 53.8 Å². The summed E-state index contributed by atoms with van der Waals surface area (Å²) < 4.78 is 123. The van der Waals surface area contributed by atoms with Crippen molar-refractivity contribution < 1.29 is 53.8 Å². The maximum absolute atomic E-state index is 13.7. The van der Waals surface area contributed by atoms with E-state index >= 15 is 0 Å². The minimum Gasteiger partial charge on any atom is -0.369 e. The molecule has 0 radical (unpaired) electrons. The average molecular weight is 635 g/mol. The van der Waals surface area contributed by atoms with E-state index in [1.165, 1.54) is 24.5 Å². The van der Waals surface area contributed by atoms with Crippen LogP contribution in [0.2, 0.25) is 0 Å². The summed E-state index contributed by atoms with van der Waals surface area (Å²) in [7, 11) is -4.68. The SMILES string of the molecule is O=C(C[C@@H]1CCc2cc(C(O)(C(F)(F)F)C(F)(F)F)ccc2N1S(=O)(=O)c1ccc(F)cc1)NNC(=O)c1ccncc1. The number of hydrazine groups is 1. The quantitative estimate of drug-likeness (QED) is 0.279. The van der Waals surface area contributed by atoms with E-state index in [0.717, 1.165) is 24.3 Å². The Bertz CT molecular complexity index is 1600. The van der Waals surface area contributed by atoms with Crippen LogP contribution in [0, 0.1) is 5.82 Å². The molecule has 1 aliphatic heterocycles. The molecule has 2 aromatic carbocycles. The molecule has 0 saturated carbocycles. The van der Waals surface area contributed by atoms with Crippen LogP contribution >= 0.6 is 0 Å². The lowest BCUT2D eigenvalue weighted by Gasteiger charge is -2.39. The van der Waals surface area contributed by atoms with Crippen molar-refractivity contribution in [3.63, 3.8) is 0 Å². The van der Waals surface area contributed by atoms with Gasteiger partial charge in [-0.05, 0) is 60.9 Å². The topological polar surface area (TPSA) is 129 Å². The Morgan fingerprint density at radius 2 is 1.53 bits per heavy atom. The molecule has 2 heterocycles. The molecule has 43 heavy (non-hydrogen) atoms. The number of fused-ring (bicyclic) bond motifs is 1. The number of nitrogens with zero attached hydrogens (tertiary/aromatic N) is 2. The lowest BCUT2D eigenvalue weighted by atomic mass is 9.87. The first kappa shape index (κ1) is 31.7. The zero-order valence-corrected chi connectivity index (χ0v) is 22.4. The second kappa shape index (κ2) is 11.4. The molecule has 0 spiro atoms. The maximum atomic E-state index is 13.7. The number of aromatic nitrogens is 1. The van der Waals surface area contributed by atoms with Crippen LogP contribution in [0.25, 0.3) is 0 Å². The Balaban J connectivity index is 1.71. The fourth-order valence-corrected chi connectivity index (χ4v) is 6.26. The van der Waals surface area contributed by atoms with E-state index in [-0.39, 0.29) is 29.7 Å². The van der Waals surface area contributed by atoms with Crippen LogP contribution in [0.1, 0.15) is 34.3 Å². The standard InChI is InChI=1S/C26H21F7N4O5S/c27-18-3-6-20(7-4-18)43(41,42)37-19(14-22(38)35-36-23(39)15-9-11-34-12-10-15)5-1-16-13-17(2-8-21(16)37)24(40,25(28,29)30)26(31,32)33/h2-4,6-13,19,40H,1,5,14H2,(H,35,38)(H,36,39)/t19-/m0/s1. The Labute approximate surface area is 239 Å². The number of carbonyl (C=O) groups excluding carboxylic acids is 2. The van der Waals surface area contributed by atoms with Crippen LogP contribution in [0.5, 0.6) is 0 Å². The number of aryl methyl sites for hydroxylation is 1. The van der Waals surface area contributed by atoms with Crippen molar-refractivity contribution in [2.24, 2.45) is 0 Å². The molecule has 0 bridgehead atoms. The van der Waals surface area contributed by atoms with E-state index in [4.69, 9.17) is 0 Å². The maximum Gasteiger partial charge on any atom is 0.430 e. The first-order chi connectivity index (χ1) is 20.0. The van der Waals surface area contributed by atoms with Gasteiger partial charge in [0.15, 0.2) is 0 Å². The number of hydrogen-bond acceptors (Lipinski definition) is 6. The van der Waals surface area contributed by atoms with E-state index in [2.05, 4.69) is 15.8 Å². The third kappa shape index (κ3) is 6.13. The zero-order chi connectivity index (χ0) is 31.8. The van der Waals surface area contributed by atoms with Crippen molar-refractivity contribution in [1.29, 1.82) is 0 Å². The molecule has 230 valence electrons. The molecule has 0 fully saturated rings. The van der Waals surface area contributed by atoms with Crippen LogP contribution in [-0.2, 0) is 26.8 Å².